The molecule has 1 aromatic rings. The van der Waals surface area contributed by atoms with Gasteiger partial charge in [-0.2, -0.15) is 0 Å². The number of nitrogens with one attached hydrogen (secondary N) is 2. The smallest absolute Gasteiger partial charge is 0.246 e. The quantitative estimate of drug-likeness (QED) is 0.535. The lowest BCUT2D eigenvalue weighted by atomic mass is 10.3. The van der Waals surface area contributed by atoms with E-state index in [2.05, 4.69) is 15.6 Å². The zero-order valence-electron chi connectivity index (χ0n) is 10.0. The second kappa shape index (κ2) is 6.67. The van der Waals surface area contributed by atoms with E-state index in [0.717, 1.165) is 0 Å². The van der Waals surface area contributed by atoms with Crippen LogP contribution in [0.3, 0.4) is 0 Å². The first-order valence-electron chi connectivity index (χ1n) is 5.43. The highest BCUT2D eigenvalue weighted by atomic mass is 16.3. The predicted molar refractivity (Wildman–Crippen MR) is 65.4 cm³/mol. The predicted octanol–water partition coefficient (Wildman–Crippen LogP) is -1.02. The van der Waals surface area contributed by atoms with Crippen LogP contribution in [-0.4, -0.2) is 34.5 Å². The second-order valence-corrected chi connectivity index (χ2v) is 3.68. The number of hydrogen-bond acceptors (Lipinski definition) is 5. The summed E-state index contributed by atoms with van der Waals surface area (Å²) in [6, 6.07) is 2.53. The molecule has 1 atom stereocenters. The summed E-state index contributed by atoms with van der Waals surface area (Å²) in [7, 11) is 0. The Bertz CT molecular complexity index is 419. The minimum Gasteiger partial charge on any atom is -0.390 e. The topological polar surface area (TPSA) is 117 Å². The van der Waals surface area contributed by atoms with Gasteiger partial charge in [0.05, 0.1) is 30.7 Å². The molecule has 0 aliphatic rings. The van der Waals surface area contributed by atoms with Gasteiger partial charge in [0.2, 0.25) is 11.8 Å². The molecule has 2 amide bonds. The Morgan fingerprint density at radius 3 is 2.72 bits per heavy atom. The maximum atomic E-state index is 11.7. The molecule has 1 aromatic heterocycles. The summed E-state index contributed by atoms with van der Waals surface area (Å²) in [5.41, 5.74) is 6.13. The summed E-state index contributed by atoms with van der Waals surface area (Å²) >= 11 is 0. The van der Waals surface area contributed by atoms with E-state index in [1.165, 1.54) is 6.20 Å². The Morgan fingerprint density at radius 1 is 1.50 bits per heavy atom. The van der Waals surface area contributed by atoms with Crippen LogP contribution in [0.25, 0.3) is 0 Å². The molecule has 0 bridgehead atoms. The number of nitrogens with zero attached hydrogens (tertiary/aromatic N) is 1. The van der Waals surface area contributed by atoms with E-state index in [-0.39, 0.29) is 19.1 Å². The van der Waals surface area contributed by atoms with E-state index >= 15 is 0 Å². The van der Waals surface area contributed by atoms with E-state index in [1.807, 2.05) is 0 Å². The minimum absolute atomic E-state index is 0.156. The third-order valence-electron chi connectivity index (χ3n) is 2.21. The number of hydrogen-bond donors (Lipinski definition) is 4. The van der Waals surface area contributed by atoms with Crippen molar-refractivity contribution in [2.24, 2.45) is 5.73 Å². The Labute approximate surface area is 104 Å². The maximum absolute atomic E-state index is 11.7. The van der Waals surface area contributed by atoms with Crippen LogP contribution < -0.4 is 16.4 Å². The van der Waals surface area contributed by atoms with E-state index in [4.69, 9.17) is 10.8 Å². The molecule has 1 heterocycles. The van der Waals surface area contributed by atoms with Gasteiger partial charge < -0.3 is 21.5 Å². The number of anilines is 1. The molecule has 0 saturated heterocycles. The average Bonchev–Trinajstić information content (AvgIpc) is 2.39. The van der Waals surface area contributed by atoms with Crippen molar-refractivity contribution in [3.8, 4) is 0 Å². The van der Waals surface area contributed by atoms with Crippen molar-refractivity contribution in [2.75, 3.05) is 11.9 Å². The SMILES string of the molecule is CC(NC(=O)CN)C(=O)Nc1ccc(CO)nc1. The summed E-state index contributed by atoms with van der Waals surface area (Å²) in [6.07, 6.45) is 1.43. The van der Waals surface area contributed by atoms with Gasteiger partial charge in [0.1, 0.15) is 6.04 Å². The van der Waals surface area contributed by atoms with E-state index in [9.17, 15) is 9.59 Å². The van der Waals surface area contributed by atoms with Gasteiger partial charge in [0, 0.05) is 0 Å². The van der Waals surface area contributed by atoms with Crippen LogP contribution in [0, 0.1) is 0 Å². The van der Waals surface area contributed by atoms with Gasteiger partial charge in [-0.15, -0.1) is 0 Å². The average molecular weight is 252 g/mol. The van der Waals surface area contributed by atoms with Crippen molar-refractivity contribution in [3.63, 3.8) is 0 Å². The van der Waals surface area contributed by atoms with Crippen LogP contribution in [0.2, 0.25) is 0 Å². The number of pyridine rings is 1. The zero-order chi connectivity index (χ0) is 13.5. The van der Waals surface area contributed by atoms with Crippen LogP contribution in [0.15, 0.2) is 18.3 Å². The molecule has 5 N–H and O–H groups in total. The molecule has 0 saturated carbocycles. The van der Waals surface area contributed by atoms with Crippen molar-refractivity contribution >= 4 is 17.5 Å². The summed E-state index contributed by atoms with van der Waals surface area (Å²) in [5.74, 6) is -0.762. The molecule has 18 heavy (non-hydrogen) atoms. The van der Waals surface area contributed by atoms with Gasteiger partial charge in [-0.1, -0.05) is 0 Å². The van der Waals surface area contributed by atoms with Crippen LogP contribution in [-0.2, 0) is 16.2 Å². The van der Waals surface area contributed by atoms with Crippen molar-refractivity contribution in [1.82, 2.24) is 10.3 Å². The van der Waals surface area contributed by atoms with Crippen LogP contribution in [0.4, 0.5) is 5.69 Å². The maximum Gasteiger partial charge on any atom is 0.246 e. The largest absolute Gasteiger partial charge is 0.390 e. The lowest BCUT2D eigenvalue weighted by Gasteiger charge is -2.13. The number of aromatic nitrogens is 1. The highest BCUT2D eigenvalue weighted by Gasteiger charge is 2.14. The number of rotatable bonds is 5. The highest BCUT2D eigenvalue weighted by molar-refractivity contribution is 5.96. The van der Waals surface area contributed by atoms with E-state index in [0.29, 0.717) is 11.4 Å². The van der Waals surface area contributed by atoms with Crippen molar-refractivity contribution in [1.29, 1.82) is 0 Å². The standard InChI is InChI=1S/C11H16N4O3/c1-7(14-10(17)4-12)11(18)15-8-2-3-9(6-16)13-5-8/h2-3,5,7,16H,4,6,12H2,1H3,(H,14,17)(H,15,18). The first-order valence-corrected chi connectivity index (χ1v) is 5.43. The number of aliphatic hydroxyl groups is 1. The molecule has 1 rings (SSSR count). The molecule has 0 radical (unpaired) electrons. The Kier molecular flexibility index (Phi) is 5.22. The number of aliphatic hydroxyl groups excluding tert-OH is 1. The Balaban J connectivity index is 2.55. The molecule has 7 nitrogen and oxygen atoms in total. The molecule has 0 aromatic carbocycles. The van der Waals surface area contributed by atoms with Crippen molar-refractivity contribution in [3.05, 3.63) is 24.0 Å². The molecule has 7 heteroatoms. The lowest BCUT2D eigenvalue weighted by molar-refractivity contribution is -0.125. The minimum atomic E-state index is -0.682. The zero-order valence-corrected chi connectivity index (χ0v) is 10.0. The van der Waals surface area contributed by atoms with Gasteiger partial charge in [0.25, 0.3) is 0 Å². The summed E-state index contributed by atoms with van der Waals surface area (Å²) in [6.45, 7) is 1.24. The Morgan fingerprint density at radius 2 is 2.22 bits per heavy atom. The molecule has 98 valence electrons. The van der Waals surface area contributed by atoms with Crippen LogP contribution >= 0.6 is 0 Å². The fourth-order valence-corrected chi connectivity index (χ4v) is 1.21. The number of nitrogens with two attached hydrogens (primary N) is 1. The number of amides is 2. The van der Waals surface area contributed by atoms with Gasteiger partial charge in [-0.25, -0.2) is 0 Å². The lowest BCUT2D eigenvalue weighted by Crippen LogP contribution is -2.44. The third-order valence-corrected chi connectivity index (χ3v) is 2.21. The normalized spacial score (nSPS) is 11.7. The number of carbonyl (C=O) groups excluding carboxylic acids is 2. The van der Waals surface area contributed by atoms with Crippen molar-refractivity contribution < 1.29 is 14.7 Å². The molecule has 0 aliphatic heterocycles. The molecule has 1 unspecified atom stereocenters. The third kappa shape index (κ3) is 4.11. The summed E-state index contributed by atoms with van der Waals surface area (Å²) in [5, 5.41) is 13.8. The fraction of sp³-hybridized carbons (Fsp3) is 0.364. The molecular weight excluding hydrogens is 236 g/mol. The first kappa shape index (κ1) is 14.1. The molecule has 0 fully saturated rings. The molecule has 0 spiro atoms. The second-order valence-electron chi connectivity index (χ2n) is 3.68. The van der Waals surface area contributed by atoms with Crippen LogP contribution in [0.1, 0.15) is 12.6 Å². The molecule has 0 aliphatic carbocycles. The van der Waals surface area contributed by atoms with E-state index in [1.54, 1.807) is 19.1 Å². The van der Waals surface area contributed by atoms with Gasteiger partial charge in [-0.05, 0) is 19.1 Å². The number of carbonyl (C=O) groups is 2. The van der Waals surface area contributed by atoms with Gasteiger partial charge in [-0.3, -0.25) is 14.6 Å². The van der Waals surface area contributed by atoms with Gasteiger partial charge >= 0.3 is 0 Å². The summed E-state index contributed by atoms with van der Waals surface area (Å²) < 4.78 is 0. The van der Waals surface area contributed by atoms with Crippen LogP contribution in [0.5, 0.6) is 0 Å². The van der Waals surface area contributed by atoms with E-state index < -0.39 is 11.9 Å². The highest BCUT2D eigenvalue weighted by Crippen LogP contribution is 2.06. The van der Waals surface area contributed by atoms with Crippen molar-refractivity contribution in [2.45, 2.75) is 19.6 Å². The Hall–Kier alpha value is -1.99. The fourth-order valence-electron chi connectivity index (χ4n) is 1.21. The van der Waals surface area contributed by atoms with Gasteiger partial charge in [0.15, 0.2) is 0 Å². The first-order chi connectivity index (χ1) is 8.56. The monoisotopic (exact) mass is 252 g/mol. The summed E-state index contributed by atoms with van der Waals surface area (Å²) in [4.78, 5) is 26.6. The molecular formula is C11H16N4O3.